The summed E-state index contributed by atoms with van der Waals surface area (Å²) in [6.45, 7) is 0.210. The Morgan fingerprint density at radius 1 is 1.14 bits per heavy atom. The van der Waals surface area contributed by atoms with Crippen molar-refractivity contribution in [3.05, 3.63) is 87.3 Å². The normalized spacial score (nSPS) is 11.0. The van der Waals surface area contributed by atoms with Crippen molar-refractivity contribution in [1.29, 1.82) is 0 Å². The first-order valence-corrected chi connectivity index (χ1v) is 10.1. The number of hydrogen-bond donors (Lipinski definition) is 0. The van der Waals surface area contributed by atoms with Crippen molar-refractivity contribution in [3.63, 3.8) is 0 Å². The van der Waals surface area contributed by atoms with Crippen molar-refractivity contribution < 1.29 is 13.6 Å². The zero-order chi connectivity index (χ0) is 19.7. The van der Waals surface area contributed by atoms with E-state index in [-0.39, 0.29) is 18.0 Å². The molecule has 140 valence electrons. The van der Waals surface area contributed by atoms with E-state index in [9.17, 15) is 13.6 Å². The monoisotopic (exact) mass is 507 g/mol. The van der Waals surface area contributed by atoms with E-state index in [2.05, 4.69) is 32.6 Å². The molecule has 2 aromatic carbocycles. The minimum atomic E-state index is -0.749. The highest BCUT2D eigenvalue weighted by Gasteiger charge is 2.24. The molecule has 0 spiro atoms. The predicted molar refractivity (Wildman–Crippen MR) is 113 cm³/mol. The molecule has 0 atom stereocenters. The fourth-order valence-electron chi connectivity index (χ4n) is 2.74. The van der Waals surface area contributed by atoms with Gasteiger partial charge in [-0.15, -0.1) is 0 Å². The van der Waals surface area contributed by atoms with Crippen molar-refractivity contribution in [2.24, 2.45) is 0 Å². The molecule has 4 nitrogen and oxygen atoms in total. The van der Waals surface area contributed by atoms with Gasteiger partial charge in [0.1, 0.15) is 11.3 Å². The number of aromatic nitrogens is 2. The number of rotatable bonds is 4. The smallest absolute Gasteiger partial charge is 0.261 e. The van der Waals surface area contributed by atoms with Crippen molar-refractivity contribution >= 4 is 55.2 Å². The largest absolute Gasteiger partial charge is 0.279 e. The third-order valence-electron chi connectivity index (χ3n) is 4.05. The number of nitrogens with zero attached hydrogens (tertiary/aromatic N) is 3. The number of fused-ring (bicyclic) bond motifs is 1. The third-order valence-corrected chi connectivity index (χ3v) is 6.01. The molecule has 28 heavy (non-hydrogen) atoms. The number of carbonyl (C=O) groups is 1. The number of carbonyl (C=O) groups excluding carboxylic acids is 1. The first kappa shape index (κ1) is 18.9. The molecule has 2 aromatic heterocycles. The molecule has 0 saturated heterocycles. The predicted octanol–water partition coefficient (Wildman–Crippen LogP) is 5.42. The number of amides is 1. The number of thiazole rings is 1. The molecule has 0 bridgehead atoms. The molecule has 4 rings (SSSR count). The number of benzene rings is 2. The van der Waals surface area contributed by atoms with Gasteiger partial charge in [-0.05, 0) is 52.4 Å². The Hall–Kier alpha value is -2.46. The van der Waals surface area contributed by atoms with Gasteiger partial charge in [-0.1, -0.05) is 29.5 Å². The summed E-state index contributed by atoms with van der Waals surface area (Å²) in [6.07, 6.45) is 3.30. The van der Waals surface area contributed by atoms with Crippen LogP contribution in [-0.2, 0) is 6.54 Å². The van der Waals surface area contributed by atoms with Crippen LogP contribution < -0.4 is 4.90 Å². The summed E-state index contributed by atoms with van der Waals surface area (Å²) in [7, 11) is 0. The van der Waals surface area contributed by atoms with Gasteiger partial charge in [0, 0.05) is 22.0 Å². The summed E-state index contributed by atoms with van der Waals surface area (Å²) < 4.78 is 28.8. The van der Waals surface area contributed by atoms with Gasteiger partial charge in [0.25, 0.3) is 5.91 Å². The van der Waals surface area contributed by atoms with Crippen LogP contribution in [0.15, 0.2) is 60.9 Å². The van der Waals surface area contributed by atoms with Gasteiger partial charge in [-0.2, -0.15) is 0 Å². The van der Waals surface area contributed by atoms with Crippen molar-refractivity contribution in [3.8, 4) is 0 Å². The van der Waals surface area contributed by atoms with Crippen molar-refractivity contribution in [1.82, 2.24) is 9.97 Å². The van der Waals surface area contributed by atoms with E-state index in [4.69, 9.17) is 0 Å². The van der Waals surface area contributed by atoms with Gasteiger partial charge in [-0.25, -0.2) is 13.8 Å². The van der Waals surface area contributed by atoms with Crippen molar-refractivity contribution in [2.75, 3.05) is 4.90 Å². The zero-order valence-electron chi connectivity index (χ0n) is 14.3. The summed E-state index contributed by atoms with van der Waals surface area (Å²) in [5.41, 5.74) is 1.36. The molecule has 0 radical (unpaired) electrons. The fourth-order valence-corrected chi connectivity index (χ4v) is 4.36. The molecule has 2 heterocycles. The van der Waals surface area contributed by atoms with Crippen LogP contribution in [0.3, 0.4) is 0 Å². The standard InChI is InChI=1S/C20H12F2IN3OS/c21-13-8-15(22)18-17(9-13)28-20(25-18)26(11-12-4-3-7-24-10-12)19(27)14-5-1-2-6-16(14)23/h1-10H,11H2. The van der Waals surface area contributed by atoms with E-state index in [1.807, 2.05) is 18.2 Å². The lowest BCUT2D eigenvalue weighted by Crippen LogP contribution is -2.31. The van der Waals surface area contributed by atoms with E-state index in [1.165, 1.54) is 11.0 Å². The highest BCUT2D eigenvalue weighted by Crippen LogP contribution is 2.33. The molecule has 4 aromatic rings. The second kappa shape index (κ2) is 7.88. The van der Waals surface area contributed by atoms with Gasteiger partial charge in [0.15, 0.2) is 10.9 Å². The lowest BCUT2D eigenvalue weighted by Gasteiger charge is -2.20. The number of hydrogen-bond acceptors (Lipinski definition) is 4. The molecule has 0 aliphatic rings. The maximum atomic E-state index is 14.1. The Labute approximate surface area is 177 Å². The second-order valence-corrected chi connectivity index (χ2v) is 8.13. The van der Waals surface area contributed by atoms with E-state index in [0.717, 1.165) is 26.5 Å². The summed E-state index contributed by atoms with van der Waals surface area (Å²) >= 11 is 3.17. The van der Waals surface area contributed by atoms with Crippen LogP contribution in [0.5, 0.6) is 0 Å². The van der Waals surface area contributed by atoms with Crippen LogP contribution in [0.4, 0.5) is 13.9 Å². The average molecular weight is 507 g/mol. The molecular formula is C20H12F2IN3OS. The minimum Gasteiger partial charge on any atom is -0.279 e. The molecule has 1 amide bonds. The van der Waals surface area contributed by atoms with Gasteiger partial charge in [0.2, 0.25) is 0 Å². The van der Waals surface area contributed by atoms with E-state index < -0.39 is 11.6 Å². The van der Waals surface area contributed by atoms with Crippen LogP contribution in [0.2, 0.25) is 0 Å². The second-order valence-electron chi connectivity index (χ2n) is 5.96. The SMILES string of the molecule is O=C(c1ccccc1I)N(Cc1cccnc1)c1nc2c(F)cc(F)cc2s1. The van der Waals surface area contributed by atoms with Crippen molar-refractivity contribution in [2.45, 2.75) is 6.54 Å². The first-order valence-electron chi connectivity index (χ1n) is 8.24. The highest BCUT2D eigenvalue weighted by molar-refractivity contribution is 14.1. The Kier molecular flexibility index (Phi) is 5.31. The molecule has 0 N–H and O–H groups in total. The van der Waals surface area contributed by atoms with Crippen LogP contribution >= 0.6 is 33.9 Å². The Morgan fingerprint density at radius 2 is 1.96 bits per heavy atom. The number of halogens is 3. The average Bonchev–Trinajstić information content (AvgIpc) is 3.11. The van der Waals surface area contributed by atoms with Gasteiger partial charge in [-0.3, -0.25) is 14.7 Å². The van der Waals surface area contributed by atoms with Gasteiger partial charge >= 0.3 is 0 Å². The molecule has 0 unspecified atom stereocenters. The quantitative estimate of drug-likeness (QED) is 0.347. The molecule has 0 saturated carbocycles. The van der Waals surface area contributed by atoms with Crippen LogP contribution in [0.25, 0.3) is 10.2 Å². The third kappa shape index (κ3) is 3.74. The Bertz CT molecular complexity index is 1170. The first-order chi connectivity index (χ1) is 13.5. The van der Waals surface area contributed by atoms with Gasteiger partial charge < -0.3 is 0 Å². The molecule has 8 heteroatoms. The van der Waals surface area contributed by atoms with E-state index in [1.54, 1.807) is 30.6 Å². The lowest BCUT2D eigenvalue weighted by atomic mass is 10.2. The molecule has 0 fully saturated rings. The zero-order valence-corrected chi connectivity index (χ0v) is 17.2. The summed E-state index contributed by atoms with van der Waals surface area (Å²) in [5, 5.41) is 0.299. The van der Waals surface area contributed by atoms with E-state index >= 15 is 0 Å². The van der Waals surface area contributed by atoms with E-state index in [0.29, 0.717) is 15.4 Å². The van der Waals surface area contributed by atoms with Crippen LogP contribution in [0.1, 0.15) is 15.9 Å². The highest BCUT2D eigenvalue weighted by atomic mass is 127. The topological polar surface area (TPSA) is 46.1 Å². The fraction of sp³-hybridized carbons (Fsp3) is 0.0500. The Morgan fingerprint density at radius 3 is 2.71 bits per heavy atom. The van der Waals surface area contributed by atoms with Crippen LogP contribution in [-0.4, -0.2) is 15.9 Å². The molecular weight excluding hydrogens is 495 g/mol. The number of anilines is 1. The number of pyridine rings is 1. The van der Waals surface area contributed by atoms with Gasteiger partial charge in [0.05, 0.1) is 16.8 Å². The Balaban J connectivity index is 1.82. The summed E-state index contributed by atoms with van der Waals surface area (Å²) in [5.74, 6) is -1.70. The molecule has 0 aliphatic carbocycles. The minimum absolute atomic E-state index is 0.0492. The van der Waals surface area contributed by atoms with Crippen LogP contribution in [0, 0.1) is 15.2 Å². The lowest BCUT2D eigenvalue weighted by molar-refractivity contribution is 0.0984. The summed E-state index contributed by atoms with van der Waals surface area (Å²) in [4.78, 5) is 23.1. The molecule has 0 aliphatic heterocycles. The maximum Gasteiger partial charge on any atom is 0.261 e. The maximum absolute atomic E-state index is 14.1. The summed E-state index contributed by atoms with van der Waals surface area (Å²) in [6, 6.07) is 12.8.